The minimum absolute atomic E-state index is 0.788. The number of carbonyl (C=O) groups is 1. The molecule has 0 atom stereocenters. The number of unbranched alkanes of at least 4 members (excludes halogenated alkanes) is 3. The van der Waals surface area contributed by atoms with Gasteiger partial charge in [-0.15, -0.1) is 0 Å². The lowest BCUT2D eigenvalue weighted by atomic mass is 10.2. The van der Waals surface area contributed by atoms with Crippen molar-refractivity contribution in [2.45, 2.75) is 32.6 Å². The molecule has 0 spiro atoms. The number of carbonyl (C=O) groups excluding carboxylic acids is 1. The van der Waals surface area contributed by atoms with Gasteiger partial charge in [-0.05, 0) is 18.9 Å². The second-order valence-corrected chi connectivity index (χ2v) is 2.44. The van der Waals surface area contributed by atoms with E-state index in [1.54, 1.807) is 6.08 Å². The van der Waals surface area contributed by atoms with E-state index in [0.717, 1.165) is 12.7 Å². The van der Waals surface area contributed by atoms with E-state index >= 15 is 0 Å². The standard InChI is InChI=1S/C10H16O/c1-2-3-4-5-6-7-8-9-10-11/h6-10H,2-5H2,1H3/b7-6+,9-8?. The molecule has 0 aromatic carbocycles. The lowest BCUT2D eigenvalue weighted by Gasteiger charge is -1.89. The second-order valence-electron chi connectivity index (χ2n) is 2.44. The molecule has 0 unspecified atom stereocenters. The molecule has 0 aliphatic rings. The molecule has 0 aliphatic carbocycles. The molecule has 62 valence electrons. The first-order valence-electron chi connectivity index (χ1n) is 4.18. The van der Waals surface area contributed by atoms with Gasteiger partial charge in [-0.1, -0.05) is 38.0 Å². The minimum atomic E-state index is 0.788. The van der Waals surface area contributed by atoms with Gasteiger partial charge in [0.2, 0.25) is 0 Å². The summed E-state index contributed by atoms with van der Waals surface area (Å²) in [5, 5.41) is 0. The van der Waals surface area contributed by atoms with E-state index in [1.165, 1.54) is 25.3 Å². The zero-order valence-corrected chi connectivity index (χ0v) is 7.12. The summed E-state index contributed by atoms with van der Waals surface area (Å²) in [5.74, 6) is 0. The van der Waals surface area contributed by atoms with Gasteiger partial charge < -0.3 is 0 Å². The first kappa shape index (κ1) is 10.2. The highest BCUT2D eigenvalue weighted by Crippen LogP contribution is 1.99. The van der Waals surface area contributed by atoms with E-state index in [1.807, 2.05) is 6.08 Å². The van der Waals surface area contributed by atoms with Gasteiger partial charge in [0.05, 0.1) is 0 Å². The van der Waals surface area contributed by atoms with Crippen molar-refractivity contribution in [1.29, 1.82) is 0 Å². The fraction of sp³-hybridized carbons (Fsp3) is 0.500. The number of hydrogen-bond acceptors (Lipinski definition) is 1. The Labute approximate surface area is 68.8 Å². The molecule has 0 N–H and O–H groups in total. The molecule has 0 aromatic heterocycles. The summed E-state index contributed by atoms with van der Waals surface area (Å²) in [7, 11) is 0. The van der Waals surface area contributed by atoms with Crippen molar-refractivity contribution in [2.24, 2.45) is 0 Å². The molecule has 0 radical (unpaired) electrons. The smallest absolute Gasteiger partial charge is 0.142 e. The highest BCUT2D eigenvalue weighted by molar-refractivity contribution is 5.65. The summed E-state index contributed by atoms with van der Waals surface area (Å²) in [6.45, 7) is 2.19. The SMILES string of the molecule is CCCCC/C=C/C=CC=O. The highest BCUT2D eigenvalue weighted by atomic mass is 16.1. The molecular weight excluding hydrogens is 136 g/mol. The topological polar surface area (TPSA) is 17.1 Å². The van der Waals surface area contributed by atoms with Crippen molar-refractivity contribution in [1.82, 2.24) is 0 Å². The van der Waals surface area contributed by atoms with Crippen LogP contribution in [0.4, 0.5) is 0 Å². The lowest BCUT2D eigenvalue weighted by molar-refractivity contribution is -0.104. The van der Waals surface area contributed by atoms with Crippen molar-refractivity contribution in [3.8, 4) is 0 Å². The van der Waals surface area contributed by atoms with E-state index < -0.39 is 0 Å². The van der Waals surface area contributed by atoms with Crippen LogP contribution in [0.15, 0.2) is 24.3 Å². The van der Waals surface area contributed by atoms with Crippen LogP contribution in [0.1, 0.15) is 32.6 Å². The summed E-state index contributed by atoms with van der Waals surface area (Å²) < 4.78 is 0. The van der Waals surface area contributed by atoms with Crippen LogP contribution in [0.25, 0.3) is 0 Å². The molecule has 11 heavy (non-hydrogen) atoms. The van der Waals surface area contributed by atoms with E-state index in [9.17, 15) is 4.79 Å². The number of aldehydes is 1. The van der Waals surface area contributed by atoms with Crippen LogP contribution in [-0.4, -0.2) is 6.29 Å². The van der Waals surface area contributed by atoms with E-state index in [4.69, 9.17) is 0 Å². The third-order valence-corrected chi connectivity index (χ3v) is 1.41. The molecule has 0 aliphatic heterocycles. The average Bonchev–Trinajstić information content (AvgIpc) is 2.03. The molecule has 0 rings (SSSR count). The fourth-order valence-corrected chi connectivity index (χ4v) is 0.796. The van der Waals surface area contributed by atoms with Crippen LogP contribution in [0, 0.1) is 0 Å². The van der Waals surface area contributed by atoms with Crippen molar-refractivity contribution >= 4 is 6.29 Å². The molecule has 1 nitrogen and oxygen atoms in total. The Morgan fingerprint density at radius 1 is 1.09 bits per heavy atom. The van der Waals surface area contributed by atoms with Crippen molar-refractivity contribution in [3.63, 3.8) is 0 Å². The molecule has 0 saturated heterocycles. The van der Waals surface area contributed by atoms with Crippen LogP contribution >= 0.6 is 0 Å². The van der Waals surface area contributed by atoms with Crippen LogP contribution in [0.3, 0.4) is 0 Å². The Hall–Kier alpha value is -0.850. The van der Waals surface area contributed by atoms with Gasteiger partial charge in [0.1, 0.15) is 6.29 Å². The Morgan fingerprint density at radius 2 is 1.91 bits per heavy atom. The maximum atomic E-state index is 9.82. The average molecular weight is 152 g/mol. The van der Waals surface area contributed by atoms with Crippen LogP contribution in [0.2, 0.25) is 0 Å². The van der Waals surface area contributed by atoms with Gasteiger partial charge in [0.25, 0.3) is 0 Å². The largest absolute Gasteiger partial charge is 0.299 e. The van der Waals surface area contributed by atoms with Gasteiger partial charge in [-0.2, -0.15) is 0 Å². The van der Waals surface area contributed by atoms with Gasteiger partial charge in [0.15, 0.2) is 0 Å². The Balaban J connectivity index is 3.15. The lowest BCUT2D eigenvalue weighted by Crippen LogP contribution is -1.69. The summed E-state index contributed by atoms with van der Waals surface area (Å²) >= 11 is 0. The number of hydrogen-bond donors (Lipinski definition) is 0. The summed E-state index contributed by atoms with van der Waals surface area (Å²) in [6, 6.07) is 0. The van der Waals surface area contributed by atoms with Crippen molar-refractivity contribution in [3.05, 3.63) is 24.3 Å². The van der Waals surface area contributed by atoms with Gasteiger partial charge in [0, 0.05) is 0 Å². The Morgan fingerprint density at radius 3 is 2.55 bits per heavy atom. The zero-order valence-electron chi connectivity index (χ0n) is 7.12. The quantitative estimate of drug-likeness (QED) is 0.247. The van der Waals surface area contributed by atoms with Crippen molar-refractivity contribution < 1.29 is 4.79 Å². The molecule has 0 aromatic rings. The zero-order chi connectivity index (χ0) is 8.36. The summed E-state index contributed by atoms with van der Waals surface area (Å²) in [5.41, 5.74) is 0. The van der Waals surface area contributed by atoms with Crippen molar-refractivity contribution in [2.75, 3.05) is 0 Å². The van der Waals surface area contributed by atoms with E-state index in [2.05, 4.69) is 13.0 Å². The molecule has 0 bridgehead atoms. The predicted molar refractivity (Wildman–Crippen MR) is 48.5 cm³/mol. The van der Waals surface area contributed by atoms with Crippen LogP contribution < -0.4 is 0 Å². The minimum Gasteiger partial charge on any atom is -0.299 e. The monoisotopic (exact) mass is 152 g/mol. The third-order valence-electron chi connectivity index (χ3n) is 1.41. The van der Waals surface area contributed by atoms with E-state index in [-0.39, 0.29) is 0 Å². The molecule has 0 fully saturated rings. The highest BCUT2D eigenvalue weighted by Gasteiger charge is 1.79. The first-order valence-corrected chi connectivity index (χ1v) is 4.18. The number of allylic oxidation sites excluding steroid dienone is 4. The fourth-order valence-electron chi connectivity index (χ4n) is 0.796. The van der Waals surface area contributed by atoms with Gasteiger partial charge >= 0.3 is 0 Å². The third kappa shape index (κ3) is 9.15. The summed E-state index contributed by atoms with van der Waals surface area (Å²) in [4.78, 5) is 9.82. The van der Waals surface area contributed by atoms with Gasteiger partial charge in [-0.25, -0.2) is 0 Å². The Kier molecular flexibility index (Phi) is 8.44. The molecule has 0 amide bonds. The Bertz CT molecular complexity index is 134. The van der Waals surface area contributed by atoms with Crippen LogP contribution in [-0.2, 0) is 4.79 Å². The van der Waals surface area contributed by atoms with E-state index in [0.29, 0.717) is 0 Å². The molecule has 1 heteroatoms. The number of rotatable bonds is 6. The summed E-state index contributed by atoms with van der Waals surface area (Å²) in [6.07, 6.45) is 13.0. The molecule has 0 heterocycles. The van der Waals surface area contributed by atoms with Gasteiger partial charge in [-0.3, -0.25) is 4.79 Å². The maximum absolute atomic E-state index is 9.82. The predicted octanol–water partition coefficient (Wildman–Crippen LogP) is 2.88. The second kappa shape index (κ2) is 9.15. The first-order chi connectivity index (χ1) is 5.41. The van der Waals surface area contributed by atoms with Crippen LogP contribution in [0.5, 0.6) is 0 Å². The molecule has 0 saturated carbocycles. The molecular formula is C10H16O. The maximum Gasteiger partial charge on any atom is 0.142 e. The normalized spacial score (nSPS) is 11.4.